The Morgan fingerprint density at radius 2 is 0.959 bits per heavy atom. The van der Waals surface area contributed by atoms with E-state index in [9.17, 15) is 0 Å². The summed E-state index contributed by atoms with van der Waals surface area (Å²) < 4.78 is 2.57. The molecule has 1 saturated carbocycles. The topological polar surface area (TPSA) is 17.8 Å². The molecular formula is C47H36N2. The van der Waals surface area contributed by atoms with Crippen LogP contribution in [0.3, 0.4) is 0 Å². The molecule has 2 nitrogen and oxygen atoms in total. The number of rotatable bonds is 4. The first kappa shape index (κ1) is 28.3. The summed E-state index contributed by atoms with van der Waals surface area (Å²) in [7, 11) is 0. The summed E-state index contributed by atoms with van der Waals surface area (Å²) in [6.07, 6.45) is 6.30. The lowest BCUT2D eigenvalue weighted by Crippen LogP contribution is -2.14. The molecule has 1 aliphatic carbocycles. The number of fused-ring (bicyclic) bond motifs is 5. The maximum absolute atomic E-state index is 5.35. The van der Waals surface area contributed by atoms with Crippen molar-refractivity contribution in [3.05, 3.63) is 152 Å². The largest absolute Gasteiger partial charge is 0.321 e. The molecule has 0 amide bonds. The fourth-order valence-electron chi connectivity index (χ4n) is 8.59. The molecule has 8 aromatic carbocycles. The molecule has 1 heterocycles. The summed E-state index contributed by atoms with van der Waals surface area (Å²) in [5.41, 5.74) is 8.55. The minimum atomic E-state index is 0.469. The molecule has 234 valence electrons. The summed E-state index contributed by atoms with van der Waals surface area (Å²) in [6, 6.07) is 56.6. The molecule has 0 atom stereocenters. The van der Waals surface area contributed by atoms with Crippen LogP contribution in [-0.2, 0) is 0 Å². The van der Waals surface area contributed by atoms with Gasteiger partial charge in [0.1, 0.15) is 5.82 Å². The van der Waals surface area contributed by atoms with Crippen LogP contribution < -0.4 is 0 Å². The smallest absolute Gasteiger partial charge is 0.141 e. The molecule has 1 aliphatic rings. The summed E-state index contributed by atoms with van der Waals surface area (Å²) in [5.74, 6) is 1.08. The van der Waals surface area contributed by atoms with Gasteiger partial charge in [0.15, 0.2) is 0 Å². The van der Waals surface area contributed by atoms with E-state index in [0.717, 1.165) is 11.3 Å². The first-order valence-electron chi connectivity index (χ1n) is 17.7. The molecule has 0 N–H and O–H groups in total. The van der Waals surface area contributed by atoms with Gasteiger partial charge in [-0.05, 0) is 109 Å². The second-order valence-electron chi connectivity index (χ2n) is 13.8. The molecule has 1 aromatic heterocycles. The van der Waals surface area contributed by atoms with Gasteiger partial charge in [0.25, 0.3) is 0 Å². The second-order valence-corrected chi connectivity index (χ2v) is 13.8. The SMILES string of the molecule is c1ccc2cc(-c3c4ccccc4c(-c4ccc5ccccc5c4)c4cc(-c5nc6ccccc6n5C5CCCCC5)ccc34)ccc2c1. The average molecular weight is 629 g/mol. The van der Waals surface area contributed by atoms with Crippen molar-refractivity contribution in [1.82, 2.24) is 9.55 Å². The Bertz CT molecular complexity index is 2710. The number of nitrogens with zero attached hydrogens (tertiary/aromatic N) is 2. The van der Waals surface area contributed by atoms with Gasteiger partial charge in [-0.3, -0.25) is 0 Å². The lowest BCUT2D eigenvalue weighted by atomic mass is 9.84. The van der Waals surface area contributed by atoms with E-state index in [4.69, 9.17) is 4.98 Å². The number of imidazole rings is 1. The van der Waals surface area contributed by atoms with Crippen LogP contribution >= 0.6 is 0 Å². The number of para-hydroxylation sites is 2. The molecule has 2 heteroatoms. The van der Waals surface area contributed by atoms with Crippen molar-refractivity contribution in [2.75, 3.05) is 0 Å². The van der Waals surface area contributed by atoms with E-state index in [1.807, 2.05) is 0 Å². The van der Waals surface area contributed by atoms with Gasteiger partial charge in [-0.1, -0.05) is 141 Å². The molecule has 0 unspecified atom stereocenters. The van der Waals surface area contributed by atoms with Crippen molar-refractivity contribution >= 4 is 54.1 Å². The predicted molar refractivity (Wildman–Crippen MR) is 208 cm³/mol. The molecule has 10 rings (SSSR count). The van der Waals surface area contributed by atoms with E-state index in [-0.39, 0.29) is 0 Å². The summed E-state index contributed by atoms with van der Waals surface area (Å²) in [5, 5.41) is 10.1. The standard InChI is InChI=1S/C47H36N2/c1-2-16-38(17-3-1)49-44-21-11-10-20-43(44)48-47(49)37-26-27-41-42(30-37)46(36-25-23-32-13-5-7-15-34(32)29-36)40-19-9-8-18-39(40)45(41)35-24-22-31-12-4-6-14-33(31)28-35/h4-15,18-30,38H,1-3,16-17H2. The van der Waals surface area contributed by atoms with Crippen molar-refractivity contribution < 1.29 is 0 Å². The Kier molecular flexibility index (Phi) is 6.62. The van der Waals surface area contributed by atoms with Gasteiger partial charge in [-0.2, -0.15) is 0 Å². The van der Waals surface area contributed by atoms with E-state index in [2.05, 4.69) is 156 Å². The maximum Gasteiger partial charge on any atom is 0.141 e. The molecular weight excluding hydrogens is 593 g/mol. The van der Waals surface area contributed by atoms with Crippen LogP contribution in [0, 0.1) is 0 Å². The third-order valence-corrected chi connectivity index (χ3v) is 10.9. The molecule has 0 saturated heterocycles. The van der Waals surface area contributed by atoms with Gasteiger partial charge in [-0.15, -0.1) is 0 Å². The summed E-state index contributed by atoms with van der Waals surface area (Å²) in [6.45, 7) is 0. The van der Waals surface area contributed by atoms with Crippen molar-refractivity contribution in [3.63, 3.8) is 0 Å². The third-order valence-electron chi connectivity index (χ3n) is 10.9. The first-order chi connectivity index (χ1) is 24.3. The highest BCUT2D eigenvalue weighted by Crippen LogP contribution is 2.46. The van der Waals surface area contributed by atoms with Crippen molar-refractivity contribution in [1.29, 1.82) is 0 Å². The molecule has 1 fully saturated rings. The lowest BCUT2D eigenvalue weighted by Gasteiger charge is -2.26. The monoisotopic (exact) mass is 628 g/mol. The average Bonchev–Trinajstić information content (AvgIpc) is 3.56. The third kappa shape index (κ3) is 4.66. The molecule has 0 bridgehead atoms. The zero-order valence-electron chi connectivity index (χ0n) is 27.4. The number of benzene rings is 8. The first-order valence-corrected chi connectivity index (χ1v) is 17.7. The zero-order valence-corrected chi connectivity index (χ0v) is 27.4. The number of hydrogen-bond acceptors (Lipinski definition) is 1. The Labute approximate surface area is 286 Å². The highest BCUT2D eigenvalue weighted by Gasteiger charge is 2.24. The van der Waals surface area contributed by atoms with Crippen LogP contribution in [-0.4, -0.2) is 9.55 Å². The van der Waals surface area contributed by atoms with Gasteiger partial charge >= 0.3 is 0 Å². The van der Waals surface area contributed by atoms with Crippen LogP contribution in [0.5, 0.6) is 0 Å². The van der Waals surface area contributed by atoms with E-state index < -0.39 is 0 Å². The number of hydrogen-bond donors (Lipinski definition) is 0. The van der Waals surface area contributed by atoms with Crippen LogP contribution in [0.15, 0.2) is 152 Å². The highest BCUT2D eigenvalue weighted by atomic mass is 15.1. The van der Waals surface area contributed by atoms with Gasteiger partial charge in [0.05, 0.1) is 11.0 Å². The minimum Gasteiger partial charge on any atom is -0.321 e. The fraction of sp³-hybridized carbons (Fsp3) is 0.128. The highest BCUT2D eigenvalue weighted by molar-refractivity contribution is 6.22. The molecule has 0 aliphatic heterocycles. The van der Waals surface area contributed by atoms with E-state index in [1.165, 1.54) is 109 Å². The predicted octanol–water partition coefficient (Wildman–Crippen LogP) is 13.2. The Balaban J connectivity index is 1.31. The summed E-state index contributed by atoms with van der Waals surface area (Å²) >= 11 is 0. The molecule has 0 radical (unpaired) electrons. The van der Waals surface area contributed by atoms with E-state index in [0.29, 0.717) is 6.04 Å². The van der Waals surface area contributed by atoms with Gasteiger partial charge in [0.2, 0.25) is 0 Å². The van der Waals surface area contributed by atoms with Crippen LogP contribution in [0.2, 0.25) is 0 Å². The Morgan fingerprint density at radius 1 is 0.429 bits per heavy atom. The van der Waals surface area contributed by atoms with Crippen LogP contribution in [0.4, 0.5) is 0 Å². The van der Waals surface area contributed by atoms with E-state index >= 15 is 0 Å². The van der Waals surface area contributed by atoms with E-state index in [1.54, 1.807) is 0 Å². The quantitative estimate of drug-likeness (QED) is 0.177. The summed E-state index contributed by atoms with van der Waals surface area (Å²) in [4.78, 5) is 5.35. The van der Waals surface area contributed by atoms with Crippen molar-refractivity contribution in [2.45, 2.75) is 38.1 Å². The van der Waals surface area contributed by atoms with Crippen molar-refractivity contribution in [2.24, 2.45) is 0 Å². The van der Waals surface area contributed by atoms with Crippen LogP contribution in [0.25, 0.3) is 87.8 Å². The normalized spacial score (nSPS) is 14.0. The molecule has 9 aromatic rings. The van der Waals surface area contributed by atoms with Crippen LogP contribution in [0.1, 0.15) is 38.1 Å². The molecule has 49 heavy (non-hydrogen) atoms. The molecule has 0 spiro atoms. The second kappa shape index (κ2) is 11.5. The Hall–Kier alpha value is -5.73. The fourth-order valence-corrected chi connectivity index (χ4v) is 8.59. The lowest BCUT2D eigenvalue weighted by molar-refractivity contribution is 0.362. The van der Waals surface area contributed by atoms with Gasteiger partial charge in [0, 0.05) is 11.6 Å². The zero-order chi connectivity index (χ0) is 32.3. The Morgan fingerprint density at radius 3 is 1.63 bits per heavy atom. The van der Waals surface area contributed by atoms with Gasteiger partial charge in [-0.25, -0.2) is 4.98 Å². The van der Waals surface area contributed by atoms with Crippen molar-refractivity contribution in [3.8, 4) is 33.6 Å². The maximum atomic E-state index is 5.35. The van der Waals surface area contributed by atoms with Gasteiger partial charge < -0.3 is 4.57 Å². The minimum absolute atomic E-state index is 0.469. The number of aromatic nitrogens is 2.